The van der Waals surface area contributed by atoms with Gasteiger partial charge in [-0.2, -0.15) is 0 Å². The maximum atomic E-state index is 6.39. The summed E-state index contributed by atoms with van der Waals surface area (Å²) in [5, 5.41) is 2.49. The molecule has 3 rings (SSSR count). The number of ether oxygens (including phenoxy) is 1. The van der Waals surface area contributed by atoms with Crippen molar-refractivity contribution in [1.82, 2.24) is 5.01 Å². The normalized spacial score (nSPS) is 14.1. The van der Waals surface area contributed by atoms with Crippen molar-refractivity contribution in [3.05, 3.63) is 57.1 Å². The Morgan fingerprint density at radius 3 is 2.48 bits per heavy atom. The van der Waals surface area contributed by atoms with Crippen LogP contribution in [-0.2, 0) is 0 Å². The van der Waals surface area contributed by atoms with Gasteiger partial charge in [-0.1, -0.05) is 35.3 Å². The van der Waals surface area contributed by atoms with Gasteiger partial charge in [-0.25, -0.2) is 5.84 Å². The second kappa shape index (κ2) is 6.40. The molecule has 4 nitrogen and oxygen atoms in total. The van der Waals surface area contributed by atoms with Crippen LogP contribution in [0.4, 0.5) is 0 Å². The van der Waals surface area contributed by atoms with Crippen LogP contribution in [0, 0.1) is 13.8 Å². The number of hydrogen-bond acceptors (Lipinski definition) is 4. The van der Waals surface area contributed by atoms with Gasteiger partial charge in [0.2, 0.25) is 0 Å². The minimum Gasteiger partial charge on any atom is -0.457 e. The van der Waals surface area contributed by atoms with E-state index in [1.807, 2.05) is 32.0 Å². The highest BCUT2D eigenvalue weighted by Gasteiger charge is 2.22. The van der Waals surface area contributed by atoms with Crippen molar-refractivity contribution >= 4 is 29.0 Å². The first kappa shape index (κ1) is 16.1. The van der Waals surface area contributed by atoms with Crippen molar-refractivity contribution in [1.29, 1.82) is 0 Å². The summed E-state index contributed by atoms with van der Waals surface area (Å²) in [4.78, 5) is 4.36. The fourth-order valence-electron chi connectivity index (χ4n) is 2.47. The summed E-state index contributed by atoms with van der Waals surface area (Å²) in [6, 6.07) is 9.38. The Morgan fingerprint density at radius 1 is 1.17 bits per heavy atom. The number of halogens is 2. The van der Waals surface area contributed by atoms with E-state index < -0.39 is 0 Å². The summed E-state index contributed by atoms with van der Waals surface area (Å²) in [5.74, 6) is 7.87. The van der Waals surface area contributed by atoms with Gasteiger partial charge in [0.1, 0.15) is 17.3 Å². The highest BCUT2D eigenvalue weighted by Crippen LogP contribution is 2.35. The molecular formula is C17H17Cl2N3O. The van der Waals surface area contributed by atoms with Gasteiger partial charge >= 0.3 is 0 Å². The van der Waals surface area contributed by atoms with E-state index in [1.54, 1.807) is 17.1 Å². The fourth-order valence-corrected chi connectivity index (χ4v) is 3.10. The van der Waals surface area contributed by atoms with Gasteiger partial charge in [0.15, 0.2) is 0 Å². The highest BCUT2D eigenvalue weighted by molar-refractivity contribution is 6.40. The van der Waals surface area contributed by atoms with Gasteiger partial charge in [-0.15, -0.1) is 0 Å². The molecule has 23 heavy (non-hydrogen) atoms. The molecule has 2 aromatic carbocycles. The number of nitrogens with two attached hydrogens (primary N) is 1. The number of amidine groups is 1. The molecule has 1 heterocycles. The van der Waals surface area contributed by atoms with Crippen LogP contribution in [0.5, 0.6) is 11.5 Å². The predicted octanol–water partition coefficient (Wildman–Crippen LogP) is 4.34. The van der Waals surface area contributed by atoms with E-state index in [2.05, 4.69) is 4.99 Å². The maximum absolute atomic E-state index is 6.39. The van der Waals surface area contributed by atoms with Crippen molar-refractivity contribution < 1.29 is 4.74 Å². The molecule has 6 heteroatoms. The molecule has 0 radical (unpaired) electrons. The Hall–Kier alpha value is -1.75. The summed E-state index contributed by atoms with van der Waals surface area (Å²) in [6.45, 7) is 5.35. The lowest BCUT2D eigenvalue weighted by molar-refractivity contribution is 0.477. The molecule has 0 fully saturated rings. The van der Waals surface area contributed by atoms with E-state index in [4.69, 9.17) is 33.8 Å². The van der Waals surface area contributed by atoms with E-state index in [0.717, 1.165) is 16.9 Å². The third-order valence-electron chi connectivity index (χ3n) is 3.90. The number of benzene rings is 2. The molecule has 0 atom stereocenters. The summed E-state index contributed by atoms with van der Waals surface area (Å²) in [7, 11) is 0. The standard InChI is InChI=1S/C17H17Cl2N3O/c1-10-4-3-5-15(11(10)2)23-12-8-13(18)16(14(19)9-12)17-21-6-7-22(17)20/h3-5,8-9H,6-7,20H2,1-2H3. The van der Waals surface area contributed by atoms with Crippen molar-refractivity contribution in [3.63, 3.8) is 0 Å². The third-order valence-corrected chi connectivity index (χ3v) is 4.49. The Kier molecular flexibility index (Phi) is 4.48. The summed E-state index contributed by atoms with van der Waals surface area (Å²) >= 11 is 12.8. The van der Waals surface area contributed by atoms with Crippen LogP contribution in [0.1, 0.15) is 16.7 Å². The van der Waals surface area contributed by atoms with E-state index >= 15 is 0 Å². The van der Waals surface area contributed by atoms with E-state index in [0.29, 0.717) is 40.3 Å². The molecule has 0 aliphatic carbocycles. The Labute approximate surface area is 145 Å². The van der Waals surface area contributed by atoms with Crippen molar-refractivity contribution in [2.24, 2.45) is 10.8 Å². The predicted molar refractivity (Wildman–Crippen MR) is 94.7 cm³/mol. The molecule has 0 aromatic heterocycles. The first-order valence-electron chi connectivity index (χ1n) is 7.27. The lowest BCUT2D eigenvalue weighted by Gasteiger charge is -2.17. The molecule has 1 aliphatic heterocycles. The SMILES string of the molecule is Cc1cccc(Oc2cc(Cl)c(C3=NCCN3N)c(Cl)c2)c1C. The highest BCUT2D eigenvalue weighted by atomic mass is 35.5. The molecule has 1 aliphatic rings. The minimum absolute atomic E-state index is 0.467. The number of hydrogen-bond donors (Lipinski definition) is 1. The van der Waals surface area contributed by atoms with Crippen LogP contribution >= 0.6 is 23.2 Å². The largest absolute Gasteiger partial charge is 0.457 e. The molecule has 0 saturated heterocycles. The zero-order valence-electron chi connectivity index (χ0n) is 12.9. The van der Waals surface area contributed by atoms with Crippen LogP contribution in [0.2, 0.25) is 10.0 Å². The molecule has 2 aromatic rings. The zero-order chi connectivity index (χ0) is 16.6. The molecule has 0 saturated carbocycles. The molecule has 0 unspecified atom stereocenters. The van der Waals surface area contributed by atoms with Gasteiger partial charge in [0, 0.05) is 12.1 Å². The number of aliphatic imine (C=N–C) groups is 1. The smallest absolute Gasteiger partial charge is 0.148 e. The summed E-state index contributed by atoms with van der Waals surface area (Å²) in [6.07, 6.45) is 0. The first-order valence-corrected chi connectivity index (χ1v) is 8.03. The molecule has 0 bridgehead atoms. The lowest BCUT2D eigenvalue weighted by atomic mass is 10.1. The van der Waals surface area contributed by atoms with Gasteiger partial charge in [0.25, 0.3) is 0 Å². The number of rotatable bonds is 3. The maximum Gasteiger partial charge on any atom is 0.148 e. The van der Waals surface area contributed by atoms with E-state index in [9.17, 15) is 0 Å². The molecule has 0 spiro atoms. The third kappa shape index (κ3) is 3.15. The molecule has 2 N–H and O–H groups in total. The van der Waals surface area contributed by atoms with Crippen molar-refractivity contribution in [2.75, 3.05) is 13.1 Å². The second-order valence-corrected chi connectivity index (χ2v) is 6.28. The summed E-state index contributed by atoms with van der Waals surface area (Å²) < 4.78 is 5.94. The summed E-state index contributed by atoms with van der Waals surface area (Å²) in [5.41, 5.74) is 2.88. The Bertz CT molecular complexity index is 766. The topological polar surface area (TPSA) is 50.8 Å². The van der Waals surface area contributed by atoms with Gasteiger partial charge in [-0.05, 0) is 31.0 Å². The van der Waals surface area contributed by atoms with Crippen molar-refractivity contribution in [3.8, 4) is 11.5 Å². The first-order chi connectivity index (χ1) is 11.0. The number of aryl methyl sites for hydroxylation is 1. The van der Waals surface area contributed by atoms with Crippen LogP contribution in [0.15, 0.2) is 35.3 Å². The lowest BCUT2D eigenvalue weighted by Crippen LogP contribution is -2.35. The minimum atomic E-state index is 0.467. The van der Waals surface area contributed by atoms with Crippen LogP contribution in [0.25, 0.3) is 0 Å². The average molecular weight is 350 g/mol. The van der Waals surface area contributed by atoms with Gasteiger partial charge in [-0.3, -0.25) is 10.0 Å². The van der Waals surface area contributed by atoms with E-state index in [1.165, 1.54) is 0 Å². The molecule has 0 amide bonds. The van der Waals surface area contributed by atoms with Crippen LogP contribution in [0.3, 0.4) is 0 Å². The van der Waals surface area contributed by atoms with Gasteiger partial charge < -0.3 is 4.74 Å². The molecular weight excluding hydrogens is 333 g/mol. The molecule has 120 valence electrons. The Morgan fingerprint density at radius 2 is 1.87 bits per heavy atom. The fraction of sp³-hybridized carbons (Fsp3) is 0.235. The Balaban J connectivity index is 1.95. The van der Waals surface area contributed by atoms with Crippen molar-refractivity contribution in [2.45, 2.75) is 13.8 Å². The van der Waals surface area contributed by atoms with Crippen LogP contribution in [-0.4, -0.2) is 23.9 Å². The van der Waals surface area contributed by atoms with Gasteiger partial charge in [0.05, 0.1) is 28.7 Å². The van der Waals surface area contributed by atoms with Crippen LogP contribution < -0.4 is 10.6 Å². The average Bonchev–Trinajstić information content (AvgIpc) is 2.89. The second-order valence-electron chi connectivity index (χ2n) is 5.46. The monoisotopic (exact) mass is 349 g/mol. The zero-order valence-corrected chi connectivity index (χ0v) is 14.4. The van der Waals surface area contributed by atoms with E-state index in [-0.39, 0.29) is 0 Å². The quantitative estimate of drug-likeness (QED) is 0.838. The number of nitrogens with zero attached hydrogens (tertiary/aromatic N) is 2. The number of hydrazine groups is 1.